The van der Waals surface area contributed by atoms with E-state index in [1.807, 2.05) is 46.8 Å². The third-order valence-corrected chi connectivity index (χ3v) is 10.1. The highest BCUT2D eigenvalue weighted by Crippen LogP contribution is 2.34. The second-order valence-electron chi connectivity index (χ2n) is 14.3. The fraction of sp³-hybridized carbons (Fsp3) is 0.688. The molecular weight excluding hydrogens is 614 g/mol. The van der Waals surface area contributed by atoms with Crippen molar-refractivity contribution in [2.45, 2.75) is 110 Å². The van der Waals surface area contributed by atoms with Gasteiger partial charge in [0.25, 0.3) is 5.91 Å². The van der Waals surface area contributed by atoms with Gasteiger partial charge in [0.15, 0.2) is 0 Å². The van der Waals surface area contributed by atoms with Crippen LogP contribution < -0.4 is 10.6 Å². The first-order chi connectivity index (χ1) is 21.3. The second kappa shape index (κ2) is 13.5. The SMILES string of the molecule is Cc1cc(NCC(=O)OC(C)(C)C)cc(C)c1CCS(=O)(=O)N1CCC2(CC1)N=C(C1CCCN1OC(=O)OC(C)(C)C)NC2=O. The van der Waals surface area contributed by atoms with Crippen molar-refractivity contribution in [3.05, 3.63) is 28.8 Å². The van der Waals surface area contributed by atoms with Gasteiger partial charge in [-0.3, -0.25) is 14.6 Å². The molecule has 46 heavy (non-hydrogen) atoms. The summed E-state index contributed by atoms with van der Waals surface area (Å²) in [4.78, 5) is 47.7. The fourth-order valence-electron chi connectivity index (χ4n) is 6.06. The number of hydroxylamine groups is 2. The number of nitrogens with one attached hydrogen (secondary N) is 2. The number of amidine groups is 1. The number of hydrogen-bond donors (Lipinski definition) is 2. The van der Waals surface area contributed by atoms with E-state index in [1.165, 1.54) is 9.37 Å². The Bertz CT molecular complexity index is 1450. The second-order valence-corrected chi connectivity index (χ2v) is 16.4. The van der Waals surface area contributed by atoms with E-state index >= 15 is 0 Å². The number of aliphatic imine (C=N–C) groups is 1. The number of aryl methyl sites for hydroxylation is 2. The van der Waals surface area contributed by atoms with Crippen LogP contribution in [0.15, 0.2) is 17.1 Å². The lowest BCUT2D eigenvalue weighted by Gasteiger charge is -2.34. The lowest BCUT2D eigenvalue weighted by molar-refractivity contribution is -0.152. The smallest absolute Gasteiger partial charge is 0.459 e. The summed E-state index contributed by atoms with van der Waals surface area (Å²) in [6.45, 7) is 15.4. The van der Waals surface area contributed by atoms with Crippen molar-refractivity contribution in [1.29, 1.82) is 0 Å². The van der Waals surface area contributed by atoms with E-state index in [0.29, 0.717) is 25.2 Å². The van der Waals surface area contributed by atoms with E-state index in [1.54, 1.807) is 20.8 Å². The first-order valence-corrected chi connectivity index (χ1v) is 17.5. The van der Waals surface area contributed by atoms with Gasteiger partial charge in [0, 0.05) is 25.3 Å². The van der Waals surface area contributed by atoms with Gasteiger partial charge in [-0.15, -0.1) is 5.06 Å². The molecule has 3 heterocycles. The normalized spacial score (nSPS) is 20.7. The van der Waals surface area contributed by atoms with Crippen molar-refractivity contribution in [1.82, 2.24) is 14.7 Å². The Morgan fingerprint density at radius 2 is 1.63 bits per heavy atom. The molecule has 0 radical (unpaired) electrons. The molecule has 0 saturated carbocycles. The molecule has 2 saturated heterocycles. The molecule has 3 aliphatic rings. The van der Waals surface area contributed by atoms with Crippen LogP contribution in [0.3, 0.4) is 0 Å². The first kappa shape index (κ1) is 35.6. The molecule has 3 aliphatic heterocycles. The van der Waals surface area contributed by atoms with Gasteiger partial charge in [-0.1, -0.05) is 0 Å². The van der Waals surface area contributed by atoms with E-state index in [0.717, 1.165) is 28.8 Å². The van der Waals surface area contributed by atoms with Crippen molar-refractivity contribution in [3.63, 3.8) is 0 Å². The lowest BCUT2D eigenvalue weighted by atomic mass is 9.89. The molecule has 1 spiro atoms. The largest absolute Gasteiger partial charge is 0.528 e. The van der Waals surface area contributed by atoms with Gasteiger partial charge < -0.3 is 24.9 Å². The summed E-state index contributed by atoms with van der Waals surface area (Å²) in [6.07, 6.45) is 1.46. The molecule has 1 aromatic rings. The van der Waals surface area contributed by atoms with Crippen molar-refractivity contribution in [3.8, 4) is 0 Å². The van der Waals surface area contributed by atoms with E-state index < -0.39 is 39.0 Å². The topological polar surface area (TPSA) is 156 Å². The number of esters is 1. The number of rotatable bonds is 9. The van der Waals surface area contributed by atoms with E-state index in [2.05, 4.69) is 10.6 Å². The number of amides is 1. The van der Waals surface area contributed by atoms with Gasteiger partial charge in [-0.2, -0.15) is 0 Å². The molecule has 4 rings (SSSR count). The van der Waals surface area contributed by atoms with Crippen LogP contribution in [0.1, 0.15) is 83.9 Å². The molecule has 1 unspecified atom stereocenters. The Labute approximate surface area is 272 Å². The quantitative estimate of drug-likeness (QED) is 0.374. The highest BCUT2D eigenvalue weighted by Gasteiger charge is 2.50. The maximum Gasteiger partial charge on any atom is 0.528 e. The van der Waals surface area contributed by atoms with Crippen LogP contribution in [-0.4, -0.2) is 96.4 Å². The highest BCUT2D eigenvalue weighted by molar-refractivity contribution is 7.89. The molecule has 14 heteroatoms. The van der Waals surface area contributed by atoms with Gasteiger partial charge in [-0.05, 0) is 116 Å². The molecular formula is C32H49N5O8S. The monoisotopic (exact) mass is 663 g/mol. The summed E-state index contributed by atoms with van der Waals surface area (Å²) < 4.78 is 38.9. The molecule has 13 nitrogen and oxygen atoms in total. The van der Waals surface area contributed by atoms with Gasteiger partial charge in [-0.25, -0.2) is 17.5 Å². The number of sulfonamides is 1. The molecule has 0 aliphatic carbocycles. The van der Waals surface area contributed by atoms with Gasteiger partial charge in [0.05, 0.1) is 5.75 Å². The van der Waals surface area contributed by atoms with Crippen LogP contribution in [-0.2, 0) is 40.3 Å². The number of carbonyl (C=O) groups is 3. The summed E-state index contributed by atoms with van der Waals surface area (Å²) in [6, 6.07) is 3.41. The van der Waals surface area contributed by atoms with E-state index in [4.69, 9.17) is 19.3 Å². The molecule has 0 bridgehead atoms. The summed E-state index contributed by atoms with van der Waals surface area (Å²) in [5.41, 5.74) is 1.26. The minimum absolute atomic E-state index is 0.0304. The van der Waals surface area contributed by atoms with Crippen molar-refractivity contribution in [2.75, 3.05) is 37.2 Å². The summed E-state index contributed by atoms with van der Waals surface area (Å²) in [7, 11) is -3.60. The van der Waals surface area contributed by atoms with Crippen molar-refractivity contribution >= 4 is 39.6 Å². The molecule has 256 valence electrons. The zero-order chi connectivity index (χ0) is 34.1. The highest BCUT2D eigenvalue weighted by atomic mass is 32.2. The zero-order valence-corrected chi connectivity index (χ0v) is 29.1. The van der Waals surface area contributed by atoms with Gasteiger partial charge in [0.2, 0.25) is 10.0 Å². The average molecular weight is 664 g/mol. The van der Waals surface area contributed by atoms with Crippen LogP contribution in [0.25, 0.3) is 0 Å². The van der Waals surface area contributed by atoms with Crippen molar-refractivity contribution < 1.29 is 37.1 Å². The summed E-state index contributed by atoms with van der Waals surface area (Å²) >= 11 is 0. The lowest BCUT2D eigenvalue weighted by Crippen LogP contribution is -2.51. The van der Waals surface area contributed by atoms with Crippen molar-refractivity contribution in [2.24, 2.45) is 4.99 Å². The summed E-state index contributed by atoms with van der Waals surface area (Å²) in [5.74, 6) is -0.231. The Balaban J connectivity index is 1.33. The predicted molar refractivity (Wildman–Crippen MR) is 174 cm³/mol. The maximum atomic E-state index is 13.4. The minimum atomic E-state index is -3.60. The fourth-order valence-corrected chi connectivity index (χ4v) is 7.52. The Morgan fingerprint density at radius 3 is 2.22 bits per heavy atom. The molecule has 1 amide bonds. The Hall–Kier alpha value is -3.23. The van der Waals surface area contributed by atoms with Crippen LogP contribution in [0.5, 0.6) is 0 Å². The predicted octanol–water partition coefficient (Wildman–Crippen LogP) is 3.62. The zero-order valence-electron chi connectivity index (χ0n) is 28.3. The van der Waals surface area contributed by atoms with Crippen LogP contribution in [0.2, 0.25) is 0 Å². The number of anilines is 1. The number of nitrogens with zero attached hydrogens (tertiary/aromatic N) is 3. The van der Waals surface area contributed by atoms with E-state index in [9.17, 15) is 22.8 Å². The number of carbonyl (C=O) groups excluding carboxylic acids is 3. The van der Waals surface area contributed by atoms with Crippen LogP contribution >= 0.6 is 0 Å². The molecule has 2 N–H and O–H groups in total. The maximum absolute atomic E-state index is 13.4. The third kappa shape index (κ3) is 8.97. The molecule has 2 fully saturated rings. The number of ether oxygens (including phenoxy) is 2. The number of hydrogen-bond acceptors (Lipinski definition) is 11. The van der Waals surface area contributed by atoms with Crippen LogP contribution in [0.4, 0.5) is 10.5 Å². The van der Waals surface area contributed by atoms with Gasteiger partial charge >= 0.3 is 12.1 Å². The van der Waals surface area contributed by atoms with Gasteiger partial charge in [0.1, 0.15) is 35.2 Å². The molecule has 0 aromatic heterocycles. The third-order valence-electron chi connectivity index (χ3n) is 8.21. The van der Waals surface area contributed by atoms with Crippen LogP contribution in [0, 0.1) is 13.8 Å². The molecule has 1 aromatic carbocycles. The minimum Gasteiger partial charge on any atom is -0.459 e. The van der Waals surface area contributed by atoms with E-state index in [-0.39, 0.29) is 50.1 Å². The standard InChI is InChI=1S/C32H49N5O8S/c1-21-18-23(33-20-26(38)43-30(3,4)5)19-22(2)24(21)11-17-46(41,42)36-15-12-32(13-16-36)28(39)34-27(35-32)25-10-9-14-37(25)45-29(40)44-31(6,7)8/h18-19,25,33H,9-17,20H2,1-8H3,(H,34,35,39). The average Bonchev–Trinajstić information content (AvgIpc) is 3.49. The number of benzene rings is 1. The molecule has 1 atom stereocenters. The Kier molecular flexibility index (Phi) is 10.4. The summed E-state index contributed by atoms with van der Waals surface area (Å²) in [5, 5.41) is 7.48. The Morgan fingerprint density at radius 1 is 1.02 bits per heavy atom. The first-order valence-electron chi connectivity index (χ1n) is 15.9. The number of piperidine rings is 1.